The first kappa shape index (κ1) is 57.9. The van der Waals surface area contributed by atoms with Gasteiger partial charge in [-0.1, -0.05) is 12.1 Å². The van der Waals surface area contributed by atoms with Crippen LogP contribution in [0.2, 0.25) is 0 Å². The van der Waals surface area contributed by atoms with Crippen LogP contribution in [0.3, 0.4) is 0 Å². The van der Waals surface area contributed by atoms with E-state index in [1.165, 1.54) is 0 Å². The normalized spacial score (nSPS) is 26.6. The maximum atomic E-state index is 12.8. The molecule has 10 nitrogen and oxygen atoms in total. The van der Waals surface area contributed by atoms with Crippen LogP contribution < -0.4 is 14.9 Å². The van der Waals surface area contributed by atoms with Crippen molar-refractivity contribution in [2.75, 3.05) is 19.8 Å². The van der Waals surface area contributed by atoms with Crippen LogP contribution in [0.5, 0.6) is 17.2 Å². The Hall–Kier alpha value is -1.99. The number of halogens is 8. The molecule has 69 heavy (non-hydrogen) atoms. The fourth-order valence-electron chi connectivity index (χ4n) is 6.43. The second-order valence-electron chi connectivity index (χ2n) is 21.1. The highest BCUT2D eigenvalue weighted by atomic mass is 127. The summed E-state index contributed by atoms with van der Waals surface area (Å²) in [5.74, 6) is -7.94. The Morgan fingerprint density at radius 1 is 0.478 bits per heavy atom. The summed E-state index contributed by atoms with van der Waals surface area (Å²) in [5.41, 5.74) is -1.32. The average Bonchev–Trinajstić information content (AvgIpc) is 4.13. The summed E-state index contributed by atoms with van der Waals surface area (Å²) < 4.78 is 122. The molecule has 3 saturated heterocycles. The molecule has 9 rings (SSSR count). The van der Waals surface area contributed by atoms with Gasteiger partial charge in [-0.2, -0.15) is 0 Å². The van der Waals surface area contributed by atoms with Crippen LogP contribution in [0.1, 0.15) is 102 Å². The van der Waals surface area contributed by atoms with E-state index in [1.807, 2.05) is 119 Å². The van der Waals surface area contributed by atoms with Crippen molar-refractivity contribution in [2.24, 2.45) is 17.8 Å². The van der Waals surface area contributed by atoms with Gasteiger partial charge in [-0.15, -0.1) is 0 Å². The summed E-state index contributed by atoms with van der Waals surface area (Å²) in [6, 6.07) is 21.6. The number of ether oxygens (including phenoxy) is 2. The quantitative estimate of drug-likeness (QED) is 0.122. The minimum atomic E-state index is -2.54. The Balaban J connectivity index is 0.000000170. The summed E-state index contributed by atoms with van der Waals surface area (Å²) in [7, 11) is -1.38. The molecule has 6 fully saturated rings. The van der Waals surface area contributed by atoms with Crippen LogP contribution in [-0.4, -0.2) is 103 Å². The summed E-state index contributed by atoms with van der Waals surface area (Å²) in [6.45, 7) is 24.0. The molecule has 6 aliphatic rings. The van der Waals surface area contributed by atoms with E-state index in [1.54, 1.807) is 36.4 Å². The molecule has 21 heteroatoms. The number of hydrogen-bond acceptors (Lipinski definition) is 10. The predicted octanol–water partition coefficient (Wildman–Crippen LogP) is 11.2. The van der Waals surface area contributed by atoms with E-state index in [-0.39, 0.29) is 72.7 Å². The molecule has 0 bridgehead atoms. The van der Waals surface area contributed by atoms with Crippen molar-refractivity contribution >= 4 is 71.8 Å². The van der Waals surface area contributed by atoms with Crippen LogP contribution >= 0.6 is 45.2 Å². The lowest BCUT2D eigenvalue weighted by Gasteiger charge is -2.32. The number of benzene rings is 3. The summed E-state index contributed by atoms with van der Waals surface area (Å²) >= 11 is 4.37. The van der Waals surface area contributed by atoms with Gasteiger partial charge in [0, 0.05) is 26.4 Å². The molecule has 3 saturated carbocycles. The first-order chi connectivity index (χ1) is 31.5. The maximum absolute atomic E-state index is 12.8. The van der Waals surface area contributed by atoms with Crippen molar-refractivity contribution in [3.8, 4) is 17.2 Å². The molecule has 3 heterocycles. The smallest absolute Gasteiger partial charge is 0.494 e. The molecular weight excluding hydrogens is 1140 g/mol. The zero-order valence-corrected chi connectivity index (χ0v) is 45.6. The second-order valence-corrected chi connectivity index (χ2v) is 23.6. The predicted molar refractivity (Wildman–Crippen MR) is 272 cm³/mol. The monoisotopic (exact) mass is 1200 g/mol. The molecule has 3 unspecified atom stereocenters. The van der Waals surface area contributed by atoms with E-state index in [0.29, 0.717) is 17.2 Å². The van der Waals surface area contributed by atoms with E-state index in [2.05, 4.69) is 45.2 Å². The highest BCUT2D eigenvalue weighted by Gasteiger charge is 2.64. The third kappa shape index (κ3) is 15.5. The standard InChI is InChI=1S/C16H21BF2O3.C12H24B2O4.C10H9F2IO.C6H5IO.C4H6F2O/c1-14(2)15(3,4)22-17(21-14)12-5-7-13(8-6-12)20-10-11-9-16(11,18)19;1-9(2)10(3,4)16-13(15-9)14-17-11(5,6)12(7,8)18-14;11-10(12)5-7(10)6-14-9-3-1-8(13)2-4-9;7-5-1-3-6(8)4-2-5;5-4(6)1-3(4)2-7/h5-8,11H,9-10H2,1-4H3;1-8H3;1-4,7H,5-6H2;1-4,8H;3,7H,1-2H2. The highest BCUT2D eigenvalue weighted by molar-refractivity contribution is 14.1. The van der Waals surface area contributed by atoms with Gasteiger partial charge >= 0.3 is 21.1 Å². The second kappa shape index (κ2) is 21.5. The zero-order chi connectivity index (χ0) is 51.8. The molecule has 3 aliphatic heterocycles. The number of aliphatic hydroxyl groups is 1. The minimum Gasteiger partial charge on any atom is -0.508 e. The van der Waals surface area contributed by atoms with E-state index in [0.717, 1.165) is 12.6 Å². The van der Waals surface area contributed by atoms with Crippen molar-refractivity contribution in [1.82, 2.24) is 0 Å². The first-order valence-corrected chi connectivity index (χ1v) is 25.0. The van der Waals surface area contributed by atoms with Gasteiger partial charge in [0.15, 0.2) is 0 Å². The number of alkyl halides is 6. The molecule has 2 N–H and O–H groups in total. The number of phenols is 1. The number of rotatable bonds is 9. The van der Waals surface area contributed by atoms with Crippen LogP contribution in [0.4, 0.5) is 26.3 Å². The average molecular weight is 1200 g/mol. The Kier molecular flexibility index (Phi) is 18.0. The molecule has 0 spiro atoms. The summed E-state index contributed by atoms with van der Waals surface area (Å²) in [6.07, 6.45) is -0.222. The lowest BCUT2D eigenvalue weighted by molar-refractivity contribution is 0.00578. The number of hydrogen-bond donors (Lipinski definition) is 2. The van der Waals surface area contributed by atoms with Crippen molar-refractivity contribution in [2.45, 2.75) is 154 Å². The molecule has 0 amide bonds. The largest absolute Gasteiger partial charge is 0.508 e. The SMILES string of the molecule is CC1(C)OB(B2OC(C)(C)C(C)(C)O2)OC1(C)C.CC1(C)OB(c2ccc(OCC3CC3(F)F)cc2)OC1(C)C.FC1(F)CC1COc1ccc(I)cc1.OCC1CC1(F)F.Oc1ccc(I)cc1. The van der Waals surface area contributed by atoms with Gasteiger partial charge in [0.25, 0.3) is 17.8 Å². The van der Waals surface area contributed by atoms with Crippen molar-refractivity contribution < 1.29 is 74.0 Å². The molecule has 0 aromatic heterocycles. The fourth-order valence-corrected chi connectivity index (χ4v) is 7.15. The lowest BCUT2D eigenvalue weighted by Crippen LogP contribution is -2.41. The number of aromatic hydroxyl groups is 1. The van der Waals surface area contributed by atoms with Crippen LogP contribution in [0.15, 0.2) is 72.8 Å². The third-order valence-corrected chi connectivity index (χ3v) is 15.2. The van der Waals surface area contributed by atoms with Gasteiger partial charge in [-0.3, -0.25) is 0 Å². The molecule has 3 aromatic carbocycles. The molecular formula is C48H65B3F6I2O10. The van der Waals surface area contributed by atoms with Gasteiger partial charge in [0.1, 0.15) is 17.2 Å². The van der Waals surface area contributed by atoms with Crippen molar-refractivity contribution in [3.05, 3.63) is 79.9 Å². The van der Waals surface area contributed by atoms with Gasteiger partial charge in [0.05, 0.1) is 71.2 Å². The molecule has 382 valence electrons. The fraction of sp³-hybridized carbons (Fsp3) is 0.625. The number of aliphatic hydroxyl groups excluding tert-OH is 1. The summed E-state index contributed by atoms with van der Waals surface area (Å²) in [5, 5.41) is 16.8. The van der Waals surface area contributed by atoms with E-state index < -0.39 is 56.7 Å². The lowest BCUT2D eigenvalue weighted by atomic mass is 9.49. The minimum absolute atomic E-state index is 0.0304. The Bertz CT molecular complexity index is 2050. The van der Waals surface area contributed by atoms with Crippen LogP contribution in [0, 0.1) is 24.9 Å². The van der Waals surface area contributed by atoms with E-state index in [4.69, 9.17) is 47.6 Å². The molecule has 3 atom stereocenters. The van der Waals surface area contributed by atoms with Gasteiger partial charge in [-0.05, 0) is 194 Å². The Morgan fingerprint density at radius 3 is 1.01 bits per heavy atom. The first-order valence-electron chi connectivity index (χ1n) is 22.9. The summed E-state index contributed by atoms with van der Waals surface area (Å²) in [4.78, 5) is 0. The van der Waals surface area contributed by atoms with Crippen molar-refractivity contribution in [1.29, 1.82) is 0 Å². The van der Waals surface area contributed by atoms with E-state index in [9.17, 15) is 26.3 Å². The topological polar surface area (TPSA) is 114 Å². The maximum Gasteiger partial charge on any atom is 0.494 e. The van der Waals surface area contributed by atoms with Crippen LogP contribution in [-0.2, 0) is 27.9 Å². The van der Waals surface area contributed by atoms with Gasteiger partial charge in [0.2, 0.25) is 0 Å². The highest BCUT2D eigenvalue weighted by Crippen LogP contribution is 2.50. The Labute approximate surface area is 431 Å². The van der Waals surface area contributed by atoms with Gasteiger partial charge in [-0.25, -0.2) is 26.3 Å². The molecule has 3 aromatic rings. The number of phenolic OH excluding ortho intramolecular Hbond substituents is 1. The van der Waals surface area contributed by atoms with E-state index >= 15 is 0 Å². The Morgan fingerprint density at radius 2 is 0.754 bits per heavy atom. The van der Waals surface area contributed by atoms with Crippen LogP contribution in [0.25, 0.3) is 0 Å². The third-order valence-electron chi connectivity index (χ3n) is 13.8. The molecule has 0 radical (unpaired) electrons. The van der Waals surface area contributed by atoms with Gasteiger partial charge < -0.3 is 47.6 Å². The van der Waals surface area contributed by atoms with Crippen molar-refractivity contribution in [3.63, 3.8) is 0 Å². The molecule has 3 aliphatic carbocycles. The zero-order valence-electron chi connectivity index (χ0n) is 41.3.